The highest BCUT2D eigenvalue weighted by Gasteiger charge is 2.33. The van der Waals surface area contributed by atoms with Crippen molar-refractivity contribution in [3.05, 3.63) is 0 Å². The maximum Gasteiger partial charge on any atom is 0.328 e. The van der Waals surface area contributed by atoms with Crippen LogP contribution in [0.15, 0.2) is 0 Å². The third-order valence-corrected chi connectivity index (χ3v) is 3.83. The molecule has 0 bridgehead atoms. The smallest absolute Gasteiger partial charge is 0.328 e. The molecule has 0 saturated heterocycles. The molecule has 0 aliphatic carbocycles. The predicted octanol–water partition coefficient (Wildman–Crippen LogP) is -4.10. The van der Waals surface area contributed by atoms with Gasteiger partial charge in [-0.15, -0.1) is 0 Å². The zero-order chi connectivity index (χ0) is 22.9. The van der Waals surface area contributed by atoms with Crippen LogP contribution in [-0.2, 0) is 24.0 Å². The lowest BCUT2D eigenvalue weighted by atomic mass is 10.1. The van der Waals surface area contributed by atoms with Crippen molar-refractivity contribution in [3.8, 4) is 0 Å². The molecular formula is C16H29N5O8. The number of carbonyl (C=O) groups excluding carboxylic acids is 4. The van der Waals surface area contributed by atoms with Crippen LogP contribution in [0.1, 0.15) is 33.6 Å². The first kappa shape index (κ1) is 26.2. The Morgan fingerprint density at radius 3 is 1.69 bits per heavy atom. The maximum atomic E-state index is 12.5. The number of nitrogens with two attached hydrogens (primary N) is 2. The molecule has 0 aliphatic heterocycles. The zero-order valence-corrected chi connectivity index (χ0v) is 16.4. The van der Waals surface area contributed by atoms with Crippen LogP contribution in [0.3, 0.4) is 0 Å². The van der Waals surface area contributed by atoms with Crippen molar-refractivity contribution >= 4 is 29.6 Å². The topological polar surface area (TPSA) is 234 Å². The minimum absolute atomic E-state index is 0.285. The van der Waals surface area contributed by atoms with E-state index < -0.39 is 66.0 Å². The Hall–Kier alpha value is -2.77. The van der Waals surface area contributed by atoms with Gasteiger partial charge in [0.2, 0.25) is 23.6 Å². The van der Waals surface area contributed by atoms with E-state index in [1.165, 1.54) is 13.8 Å². The lowest BCUT2D eigenvalue weighted by Crippen LogP contribution is -2.60. The molecule has 166 valence electrons. The summed E-state index contributed by atoms with van der Waals surface area (Å²) in [6, 6.07) is -5.53. The first-order chi connectivity index (χ1) is 13.3. The van der Waals surface area contributed by atoms with E-state index in [0.717, 1.165) is 6.92 Å². The highest BCUT2D eigenvalue weighted by Crippen LogP contribution is 2.03. The molecule has 4 amide bonds. The average Bonchev–Trinajstić information content (AvgIpc) is 2.58. The van der Waals surface area contributed by atoms with Gasteiger partial charge >= 0.3 is 5.97 Å². The third-order valence-electron chi connectivity index (χ3n) is 3.83. The molecule has 13 nitrogen and oxygen atoms in total. The quantitative estimate of drug-likeness (QED) is 0.153. The molecule has 6 atom stereocenters. The average molecular weight is 419 g/mol. The van der Waals surface area contributed by atoms with Crippen LogP contribution < -0.4 is 27.4 Å². The number of amides is 4. The van der Waals surface area contributed by atoms with Crippen LogP contribution in [0, 0.1) is 0 Å². The van der Waals surface area contributed by atoms with Gasteiger partial charge in [0.25, 0.3) is 0 Å². The number of carbonyl (C=O) groups is 5. The molecule has 0 heterocycles. The molecule has 10 N–H and O–H groups in total. The summed E-state index contributed by atoms with van der Waals surface area (Å²) in [7, 11) is 0. The van der Waals surface area contributed by atoms with E-state index in [4.69, 9.17) is 16.6 Å². The Kier molecular flexibility index (Phi) is 10.8. The van der Waals surface area contributed by atoms with Gasteiger partial charge in [0.1, 0.15) is 12.1 Å². The molecule has 13 heteroatoms. The van der Waals surface area contributed by atoms with E-state index in [1.807, 2.05) is 5.32 Å². The van der Waals surface area contributed by atoms with Crippen molar-refractivity contribution in [3.63, 3.8) is 0 Å². The molecule has 0 aromatic heterocycles. The number of rotatable bonds is 12. The summed E-state index contributed by atoms with van der Waals surface area (Å²) in [5.41, 5.74) is 10.5. The van der Waals surface area contributed by atoms with Gasteiger partial charge < -0.3 is 42.7 Å². The first-order valence-corrected chi connectivity index (χ1v) is 8.81. The molecule has 0 aromatic rings. The second-order valence-electron chi connectivity index (χ2n) is 6.65. The number of aliphatic hydroxyl groups is 2. The Morgan fingerprint density at radius 2 is 1.31 bits per heavy atom. The van der Waals surface area contributed by atoms with Gasteiger partial charge in [-0.2, -0.15) is 0 Å². The minimum atomic E-state index is -1.67. The Balaban J connectivity index is 5.44. The van der Waals surface area contributed by atoms with Crippen LogP contribution in [0.25, 0.3) is 0 Å². The lowest BCUT2D eigenvalue weighted by molar-refractivity contribution is -0.145. The van der Waals surface area contributed by atoms with E-state index >= 15 is 0 Å². The Morgan fingerprint density at radius 1 is 0.828 bits per heavy atom. The van der Waals surface area contributed by atoms with Gasteiger partial charge in [-0.1, -0.05) is 0 Å². The number of nitrogens with one attached hydrogen (secondary N) is 3. The SMILES string of the molecule is CC(N)C(=O)NC(C(=O)NC(CCC(N)=O)C(=O)NC(C(=O)O)C(C)O)C(C)O. The first-order valence-electron chi connectivity index (χ1n) is 8.81. The van der Waals surface area contributed by atoms with Crippen LogP contribution in [0.4, 0.5) is 0 Å². The summed E-state index contributed by atoms with van der Waals surface area (Å²) in [6.07, 6.45) is -3.41. The van der Waals surface area contributed by atoms with Crippen molar-refractivity contribution in [1.29, 1.82) is 0 Å². The number of hydrogen-bond acceptors (Lipinski definition) is 8. The molecular weight excluding hydrogens is 390 g/mol. The summed E-state index contributed by atoms with van der Waals surface area (Å²) < 4.78 is 0. The van der Waals surface area contributed by atoms with E-state index in [0.29, 0.717) is 0 Å². The van der Waals surface area contributed by atoms with Gasteiger partial charge in [0.15, 0.2) is 6.04 Å². The molecule has 29 heavy (non-hydrogen) atoms. The van der Waals surface area contributed by atoms with Gasteiger partial charge in [-0.05, 0) is 27.2 Å². The molecule has 6 unspecified atom stereocenters. The molecule has 0 aromatic carbocycles. The van der Waals surface area contributed by atoms with Gasteiger partial charge in [-0.3, -0.25) is 19.2 Å². The fourth-order valence-corrected chi connectivity index (χ4v) is 2.15. The largest absolute Gasteiger partial charge is 0.480 e. The van der Waals surface area contributed by atoms with Crippen molar-refractivity contribution < 1.29 is 39.3 Å². The van der Waals surface area contributed by atoms with E-state index in [1.54, 1.807) is 0 Å². The number of hydrogen-bond donors (Lipinski definition) is 8. The second kappa shape index (κ2) is 11.9. The molecule has 0 radical (unpaired) electrons. The van der Waals surface area contributed by atoms with Crippen LogP contribution >= 0.6 is 0 Å². The third kappa shape index (κ3) is 9.32. The monoisotopic (exact) mass is 419 g/mol. The summed E-state index contributed by atoms with van der Waals surface area (Å²) in [5.74, 6) is -5.00. The predicted molar refractivity (Wildman–Crippen MR) is 98.9 cm³/mol. The Bertz CT molecular complexity index is 622. The number of carboxylic acid groups (broad SMARTS) is 1. The molecule has 0 rings (SSSR count). The van der Waals surface area contributed by atoms with E-state index in [-0.39, 0.29) is 12.8 Å². The highest BCUT2D eigenvalue weighted by molar-refractivity contribution is 5.94. The van der Waals surface area contributed by atoms with Crippen molar-refractivity contribution in [2.24, 2.45) is 11.5 Å². The van der Waals surface area contributed by atoms with Crippen LogP contribution in [0.2, 0.25) is 0 Å². The number of aliphatic hydroxyl groups excluding tert-OH is 2. The lowest BCUT2D eigenvalue weighted by Gasteiger charge is -2.26. The van der Waals surface area contributed by atoms with Crippen LogP contribution in [0.5, 0.6) is 0 Å². The molecule has 0 aliphatic rings. The van der Waals surface area contributed by atoms with Crippen molar-refractivity contribution in [2.75, 3.05) is 0 Å². The van der Waals surface area contributed by atoms with Crippen LogP contribution in [-0.4, -0.2) is 81.3 Å². The summed E-state index contributed by atoms with van der Waals surface area (Å²) in [4.78, 5) is 58.8. The number of aliphatic carboxylic acids is 1. The summed E-state index contributed by atoms with van der Waals surface area (Å²) >= 11 is 0. The van der Waals surface area contributed by atoms with E-state index in [2.05, 4.69) is 10.6 Å². The standard InChI is InChI=1S/C16H29N5O8/c1-6(17)13(25)20-11(7(2)22)15(27)19-9(4-5-10(18)24)14(26)21-12(8(3)23)16(28)29/h6-9,11-12,22-23H,4-5,17H2,1-3H3,(H2,18,24)(H,19,27)(H,20,25)(H,21,26)(H,28,29). The fourth-order valence-electron chi connectivity index (χ4n) is 2.15. The molecule has 0 spiro atoms. The van der Waals surface area contributed by atoms with Crippen molar-refractivity contribution in [1.82, 2.24) is 16.0 Å². The zero-order valence-electron chi connectivity index (χ0n) is 16.4. The Labute approximate surface area is 167 Å². The molecule has 0 saturated carbocycles. The van der Waals surface area contributed by atoms with Gasteiger partial charge in [0.05, 0.1) is 18.2 Å². The van der Waals surface area contributed by atoms with E-state index in [9.17, 15) is 34.2 Å². The molecule has 0 fully saturated rings. The second-order valence-corrected chi connectivity index (χ2v) is 6.65. The van der Waals surface area contributed by atoms with Crippen molar-refractivity contribution in [2.45, 2.75) is 70.0 Å². The van der Waals surface area contributed by atoms with Gasteiger partial charge in [-0.25, -0.2) is 4.79 Å². The highest BCUT2D eigenvalue weighted by atomic mass is 16.4. The summed E-state index contributed by atoms with van der Waals surface area (Å²) in [6.45, 7) is 3.72. The van der Waals surface area contributed by atoms with Gasteiger partial charge in [0, 0.05) is 6.42 Å². The number of primary amides is 1. The summed E-state index contributed by atoms with van der Waals surface area (Å²) in [5, 5.41) is 34.8. The normalized spacial score (nSPS) is 17.0. The minimum Gasteiger partial charge on any atom is -0.480 e. The maximum absolute atomic E-state index is 12.5. The fraction of sp³-hybridized carbons (Fsp3) is 0.688. The number of carboxylic acids is 1.